The molecule has 2 N–H and O–H groups in total. The van der Waals surface area contributed by atoms with Crippen LogP contribution in [0.1, 0.15) is 28.9 Å². The molecule has 3 aromatic rings. The average Bonchev–Trinajstić information content (AvgIpc) is 3.43. The molecule has 0 radical (unpaired) electrons. The van der Waals surface area contributed by atoms with Crippen LogP contribution in [0.25, 0.3) is 10.6 Å². The van der Waals surface area contributed by atoms with Crippen LogP contribution in [0.2, 0.25) is 0 Å². The van der Waals surface area contributed by atoms with E-state index in [9.17, 15) is 9.90 Å². The summed E-state index contributed by atoms with van der Waals surface area (Å²) in [4.78, 5) is 15.9. The molecule has 0 bridgehead atoms. The number of para-hydroxylation sites is 1. The van der Waals surface area contributed by atoms with Gasteiger partial charge in [0, 0.05) is 25.3 Å². The maximum atomic E-state index is 13.1. The number of H-pyrrole nitrogens is 1. The molecule has 3 heterocycles. The second-order valence-corrected chi connectivity index (χ2v) is 7.54. The first-order valence-electron chi connectivity index (χ1n) is 8.98. The molecule has 0 spiro atoms. The number of phenols is 1. The van der Waals surface area contributed by atoms with Crippen molar-refractivity contribution < 1.29 is 14.6 Å². The molecule has 7 heteroatoms. The number of ether oxygens (including phenoxy) is 1. The fraction of sp³-hybridized carbons (Fsp3) is 0.300. The lowest BCUT2D eigenvalue weighted by atomic mass is 10.1. The Labute approximate surface area is 161 Å². The smallest absolute Gasteiger partial charge is 0.274 e. The summed E-state index contributed by atoms with van der Waals surface area (Å²) in [7, 11) is 0. The normalized spacial score (nSPS) is 16.5. The largest absolute Gasteiger partial charge is 0.508 e. The molecule has 1 aliphatic heterocycles. The van der Waals surface area contributed by atoms with Crippen molar-refractivity contribution in [2.24, 2.45) is 0 Å². The number of carbonyl (C=O) groups excluding carboxylic acids is 1. The molecular weight excluding hydrogens is 362 g/mol. The summed E-state index contributed by atoms with van der Waals surface area (Å²) in [5.74, 6) is 0.0109. The van der Waals surface area contributed by atoms with Crippen molar-refractivity contribution in [3.8, 4) is 16.3 Å². The number of amides is 1. The van der Waals surface area contributed by atoms with Gasteiger partial charge < -0.3 is 14.7 Å². The van der Waals surface area contributed by atoms with Crippen molar-refractivity contribution in [2.45, 2.75) is 25.5 Å². The first kappa shape index (κ1) is 17.8. The Bertz CT molecular complexity index is 901. The number of hydrogen-bond acceptors (Lipinski definition) is 5. The molecule has 1 atom stereocenters. The van der Waals surface area contributed by atoms with Crippen LogP contribution in [0, 0.1) is 0 Å². The van der Waals surface area contributed by atoms with E-state index in [1.807, 2.05) is 29.6 Å². The number of thiophene rings is 1. The van der Waals surface area contributed by atoms with Gasteiger partial charge in [-0.05, 0) is 36.4 Å². The second kappa shape index (κ2) is 7.94. The second-order valence-electron chi connectivity index (χ2n) is 6.59. The van der Waals surface area contributed by atoms with E-state index in [0.29, 0.717) is 24.3 Å². The summed E-state index contributed by atoms with van der Waals surface area (Å²) >= 11 is 1.59. The van der Waals surface area contributed by atoms with E-state index in [1.54, 1.807) is 34.4 Å². The highest BCUT2D eigenvalue weighted by molar-refractivity contribution is 7.13. The topological polar surface area (TPSA) is 78.5 Å². The lowest BCUT2D eigenvalue weighted by Gasteiger charge is -2.25. The van der Waals surface area contributed by atoms with Gasteiger partial charge in [-0.25, -0.2) is 0 Å². The summed E-state index contributed by atoms with van der Waals surface area (Å²) in [6, 6.07) is 12.8. The molecule has 0 saturated carbocycles. The average molecular weight is 383 g/mol. The lowest BCUT2D eigenvalue weighted by molar-refractivity contribution is 0.0501. The van der Waals surface area contributed by atoms with Gasteiger partial charge in [-0.1, -0.05) is 24.3 Å². The van der Waals surface area contributed by atoms with E-state index < -0.39 is 0 Å². The van der Waals surface area contributed by atoms with Gasteiger partial charge in [0.15, 0.2) is 5.69 Å². The molecule has 2 aromatic heterocycles. The third kappa shape index (κ3) is 4.04. The third-order valence-corrected chi connectivity index (χ3v) is 5.57. The number of aromatic nitrogens is 2. The monoisotopic (exact) mass is 383 g/mol. The number of rotatable bonds is 6. The molecule has 4 rings (SSSR count). The zero-order valence-electron chi connectivity index (χ0n) is 14.8. The molecule has 1 aliphatic rings. The van der Waals surface area contributed by atoms with Crippen molar-refractivity contribution in [1.29, 1.82) is 0 Å². The summed E-state index contributed by atoms with van der Waals surface area (Å²) in [5, 5.41) is 19.3. The summed E-state index contributed by atoms with van der Waals surface area (Å²) in [6.07, 6.45) is 1.97. The predicted molar refractivity (Wildman–Crippen MR) is 104 cm³/mol. The van der Waals surface area contributed by atoms with E-state index >= 15 is 0 Å². The zero-order chi connectivity index (χ0) is 18.6. The van der Waals surface area contributed by atoms with Gasteiger partial charge in [0.25, 0.3) is 5.91 Å². The van der Waals surface area contributed by atoms with Crippen molar-refractivity contribution in [3.63, 3.8) is 0 Å². The van der Waals surface area contributed by atoms with Gasteiger partial charge >= 0.3 is 0 Å². The van der Waals surface area contributed by atoms with E-state index in [-0.39, 0.29) is 17.8 Å². The van der Waals surface area contributed by atoms with Crippen molar-refractivity contribution in [1.82, 2.24) is 15.1 Å². The van der Waals surface area contributed by atoms with Crippen LogP contribution in [0.5, 0.6) is 5.75 Å². The number of nitrogens with one attached hydrogen (secondary N) is 1. The number of hydrogen-bond donors (Lipinski definition) is 2. The van der Waals surface area contributed by atoms with E-state index in [2.05, 4.69) is 10.2 Å². The molecule has 140 valence electrons. The number of phenolic OH excluding ortho intramolecular Hbond substituents is 1. The van der Waals surface area contributed by atoms with Crippen molar-refractivity contribution in [3.05, 3.63) is 59.1 Å². The Balaban J connectivity index is 1.57. The minimum Gasteiger partial charge on any atom is -0.508 e. The van der Waals surface area contributed by atoms with Crippen LogP contribution in [0.3, 0.4) is 0 Å². The van der Waals surface area contributed by atoms with E-state index in [1.165, 1.54) is 0 Å². The van der Waals surface area contributed by atoms with Gasteiger partial charge in [-0.3, -0.25) is 9.89 Å². The number of benzene rings is 1. The minimum atomic E-state index is -0.173. The fourth-order valence-corrected chi connectivity index (χ4v) is 3.95. The molecule has 0 aliphatic carbocycles. The molecule has 1 aromatic carbocycles. The minimum absolute atomic E-state index is 0.0236. The Hall–Kier alpha value is -2.64. The van der Waals surface area contributed by atoms with Gasteiger partial charge in [0.1, 0.15) is 5.75 Å². The van der Waals surface area contributed by atoms with Crippen LogP contribution in [0.4, 0.5) is 0 Å². The van der Waals surface area contributed by atoms with Crippen LogP contribution in [0.15, 0.2) is 47.8 Å². The maximum absolute atomic E-state index is 13.1. The van der Waals surface area contributed by atoms with E-state index in [4.69, 9.17) is 4.74 Å². The number of aromatic amines is 1. The number of carbonyl (C=O) groups is 1. The summed E-state index contributed by atoms with van der Waals surface area (Å²) in [6.45, 7) is 1.52. The maximum Gasteiger partial charge on any atom is 0.274 e. The zero-order valence-corrected chi connectivity index (χ0v) is 15.6. The first-order chi connectivity index (χ1) is 13.2. The molecule has 1 saturated heterocycles. The summed E-state index contributed by atoms with van der Waals surface area (Å²) in [5.41, 5.74) is 1.90. The number of nitrogens with zero attached hydrogens (tertiary/aromatic N) is 2. The fourth-order valence-electron chi connectivity index (χ4n) is 3.25. The van der Waals surface area contributed by atoms with Gasteiger partial charge in [-0.15, -0.1) is 11.3 Å². The van der Waals surface area contributed by atoms with Crippen molar-refractivity contribution in [2.75, 3.05) is 13.2 Å². The van der Waals surface area contributed by atoms with E-state index in [0.717, 1.165) is 30.0 Å². The quantitative estimate of drug-likeness (QED) is 0.681. The van der Waals surface area contributed by atoms with Gasteiger partial charge in [0.2, 0.25) is 0 Å². The predicted octanol–water partition coefficient (Wildman–Crippen LogP) is 3.67. The standard InChI is InChI=1S/C20H21N3O3S/c24-18-7-2-1-5-14(18)12-23(13-15-6-3-9-26-15)20(25)17-11-16(21-22-17)19-8-4-10-27-19/h1-2,4-5,7-8,10-11,15,24H,3,6,9,12-13H2,(H,21,22). The number of aromatic hydroxyl groups is 1. The highest BCUT2D eigenvalue weighted by Crippen LogP contribution is 2.25. The molecule has 1 unspecified atom stereocenters. The summed E-state index contributed by atoms with van der Waals surface area (Å²) < 4.78 is 5.72. The molecule has 1 amide bonds. The van der Waals surface area contributed by atoms with Crippen LogP contribution in [-0.2, 0) is 11.3 Å². The molecule has 6 nitrogen and oxygen atoms in total. The molecule has 1 fully saturated rings. The van der Waals surface area contributed by atoms with Gasteiger partial charge in [0.05, 0.1) is 16.7 Å². The SMILES string of the molecule is O=C(c1cc(-c2cccs2)[nH]n1)N(Cc1ccccc1O)CC1CCCO1. The molecular formula is C20H21N3O3S. The molecule has 27 heavy (non-hydrogen) atoms. The first-order valence-corrected chi connectivity index (χ1v) is 9.85. The third-order valence-electron chi connectivity index (χ3n) is 4.67. The van der Waals surface area contributed by atoms with Crippen molar-refractivity contribution >= 4 is 17.2 Å². The van der Waals surface area contributed by atoms with Gasteiger partial charge in [-0.2, -0.15) is 5.10 Å². The Morgan fingerprint density at radius 1 is 1.33 bits per heavy atom. The van der Waals surface area contributed by atoms with Crippen LogP contribution < -0.4 is 0 Å². The van der Waals surface area contributed by atoms with Crippen LogP contribution in [-0.4, -0.2) is 45.4 Å². The Morgan fingerprint density at radius 3 is 2.96 bits per heavy atom. The Morgan fingerprint density at radius 2 is 2.22 bits per heavy atom. The highest BCUT2D eigenvalue weighted by Gasteiger charge is 2.26. The van der Waals surface area contributed by atoms with Crippen LogP contribution >= 0.6 is 11.3 Å². The highest BCUT2D eigenvalue weighted by atomic mass is 32.1. The Kier molecular flexibility index (Phi) is 5.22. The lowest BCUT2D eigenvalue weighted by Crippen LogP contribution is -2.37.